The van der Waals surface area contributed by atoms with E-state index >= 15 is 0 Å². The first-order chi connectivity index (χ1) is 9.33. The molecule has 0 saturated heterocycles. The molecule has 0 unspecified atom stereocenters. The molecule has 0 atom stereocenters. The highest BCUT2D eigenvalue weighted by Gasteiger charge is 2.00. The molecule has 1 heterocycles. The minimum Gasteiger partial charge on any atom is -0.343 e. The molecule has 0 spiro atoms. The molecule has 0 fully saturated rings. The van der Waals surface area contributed by atoms with Crippen molar-refractivity contribution in [3.63, 3.8) is 0 Å². The average molecular weight is 272 g/mol. The number of para-hydroxylation sites is 1. The third-order valence-corrected chi connectivity index (χ3v) is 3.20. The Bertz CT molecular complexity index is 638. The molecule has 0 saturated carbocycles. The second-order valence-corrected chi connectivity index (χ2v) is 4.57. The maximum atomic E-state index is 5.88. The van der Waals surface area contributed by atoms with Crippen molar-refractivity contribution in [3.8, 4) is 0 Å². The first-order valence-corrected chi connectivity index (χ1v) is 6.99. The summed E-state index contributed by atoms with van der Waals surface area (Å²) >= 11 is 5.88. The van der Waals surface area contributed by atoms with Crippen molar-refractivity contribution in [3.05, 3.63) is 71.4 Å². The Labute approximate surface area is 119 Å². The molecule has 19 heavy (non-hydrogen) atoms. The van der Waals surface area contributed by atoms with Crippen LogP contribution in [-0.4, -0.2) is 4.57 Å². The van der Waals surface area contributed by atoms with Gasteiger partial charge in [0.05, 0.1) is 0 Å². The maximum absolute atomic E-state index is 5.88. The average Bonchev–Trinajstić information content (AvgIpc) is 2.87. The molecule has 3 rings (SSSR count). The zero-order valence-corrected chi connectivity index (χ0v) is 12.1. The summed E-state index contributed by atoms with van der Waals surface area (Å²) in [7, 11) is 0. The van der Waals surface area contributed by atoms with Crippen LogP contribution in [0.1, 0.15) is 19.4 Å². The van der Waals surface area contributed by atoms with E-state index in [2.05, 4.69) is 53.2 Å². The first-order valence-electron chi connectivity index (χ1n) is 6.61. The smallest absolute Gasteiger partial charge is 0.0483 e. The molecule has 3 aromatic rings. The van der Waals surface area contributed by atoms with Gasteiger partial charge in [0.1, 0.15) is 0 Å². The Morgan fingerprint density at radius 3 is 2.32 bits per heavy atom. The van der Waals surface area contributed by atoms with Crippen LogP contribution in [0.15, 0.2) is 60.8 Å². The minimum absolute atomic E-state index is 0.783. The number of halogens is 1. The fourth-order valence-corrected chi connectivity index (χ4v) is 2.19. The van der Waals surface area contributed by atoms with Gasteiger partial charge in [0.25, 0.3) is 0 Å². The Kier molecular flexibility index (Phi) is 4.64. The Hall–Kier alpha value is -1.73. The van der Waals surface area contributed by atoms with E-state index in [9.17, 15) is 0 Å². The van der Waals surface area contributed by atoms with Crippen LogP contribution in [0.4, 0.5) is 0 Å². The standard InChI is InChI=1S/C15H12ClN.C2H6/c16-14-7-5-12(6-8-14)11-17-10-9-13-3-1-2-4-15(13)17;1-2/h1-10H,11H2;1-2H3. The van der Waals surface area contributed by atoms with E-state index in [0.717, 1.165) is 11.6 Å². The van der Waals surface area contributed by atoms with Gasteiger partial charge >= 0.3 is 0 Å². The van der Waals surface area contributed by atoms with Crippen molar-refractivity contribution in [1.29, 1.82) is 0 Å². The second kappa shape index (κ2) is 6.44. The molecule has 0 amide bonds. The molecule has 0 aliphatic rings. The first kappa shape index (κ1) is 13.7. The van der Waals surface area contributed by atoms with E-state index in [1.807, 2.05) is 26.0 Å². The van der Waals surface area contributed by atoms with Gasteiger partial charge in [-0.1, -0.05) is 55.8 Å². The van der Waals surface area contributed by atoms with E-state index in [0.29, 0.717) is 0 Å². The van der Waals surface area contributed by atoms with Crippen LogP contribution in [0.25, 0.3) is 10.9 Å². The Morgan fingerprint density at radius 2 is 1.58 bits per heavy atom. The van der Waals surface area contributed by atoms with Gasteiger partial charge in [-0.05, 0) is 35.2 Å². The lowest BCUT2D eigenvalue weighted by atomic mass is 10.2. The summed E-state index contributed by atoms with van der Waals surface area (Å²) in [5.41, 5.74) is 2.53. The molecule has 2 heteroatoms. The van der Waals surface area contributed by atoms with E-state index in [4.69, 9.17) is 11.6 Å². The Morgan fingerprint density at radius 1 is 0.895 bits per heavy atom. The molecule has 1 aromatic heterocycles. The molecule has 98 valence electrons. The third kappa shape index (κ3) is 3.18. The second-order valence-electron chi connectivity index (χ2n) is 4.13. The summed E-state index contributed by atoms with van der Waals surface area (Å²) in [5, 5.41) is 2.06. The highest BCUT2D eigenvalue weighted by molar-refractivity contribution is 6.30. The molecule has 0 aliphatic carbocycles. The lowest BCUT2D eigenvalue weighted by Gasteiger charge is -2.05. The summed E-state index contributed by atoms with van der Waals surface area (Å²) in [6, 6.07) is 18.6. The van der Waals surface area contributed by atoms with E-state index in [-0.39, 0.29) is 0 Å². The van der Waals surface area contributed by atoms with Gasteiger partial charge in [0, 0.05) is 23.3 Å². The summed E-state index contributed by atoms with van der Waals surface area (Å²) in [4.78, 5) is 0. The van der Waals surface area contributed by atoms with Gasteiger partial charge in [-0.2, -0.15) is 0 Å². The molecule has 0 aliphatic heterocycles. The van der Waals surface area contributed by atoms with Crippen LogP contribution in [0.3, 0.4) is 0 Å². The van der Waals surface area contributed by atoms with E-state index < -0.39 is 0 Å². The topological polar surface area (TPSA) is 4.93 Å². The quantitative estimate of drug-likeness (QED) is 0.590. The Balaban J connectivity index is 0.000000637. The summed E-state index contributed by atoms with van der Waals surface area (Å²) < 4.78 is 2.25. The number of nitrogens with zero attached hydrogens (tertiary/aromatic N) is 1. The minimum atomic E-state index is 0.783. The number of hydrogen-bond acceptors (Lipinski definition) is 0. The molecule has 0 bridgehead atoms. The van der Waals surface area contributed by atoms with Crippen LogP contribution < -0.4 is 0 Å². The SMILES string of the molecule is CC.Clc1ccc(Cn2ccc3ccccc32)cc1. The fourth-order valence-electron chi connectivity index (χ4n) is 2.06. The van der Waals surface area contributed by atoms with Crippen molar-refractivity contribution < 1.29 is 0 Å². The number of rotatable bonds is 2. The molecule has 2 aromatic carbocycles. The van der Waals surface area contributed by atoms with Gasteiger partial charge in [-0.15, -0.1) is 0 Å². The van der Waals surface area contributed by atoms with Gasteiger partial charge in [-0.3, -0.25) is 0 Å². The van der Waals surface area contributed by atoms with Crippen molar-refractivity contribution in [2.45, 2.75) is 20.4 Å². The lowest BCUT2D eigenvalue weighted by molar-refractivity contribution is 0.837. The van der Waals surface area contributed by atoms with Crippen molar-refractivity contribution >= 4 is 22.5 Å². The number of fused-ring (bicyclic) bond motifs is 1. The van der Waals surface area contributed by atoms with Crippen LogP contribution in [0.2, 0.25) is 5.02 Å². The molecular formula is C17H18ClN. The normalized spacial score (nSPS) is 10.1. The number of aromatic nitrogens is 1. The number of benzene rings is 2. The van der Waals surface area contributed by atoms with Gasteiger partial charge in [-0.25, -0.2) is 0 Å². The predicted molar refractivity (Wildman–Crippen MR) is 83.8 cm³/mol. The fraction of sp³-hybridized carbons (Fsp3) is 0.176. The van der Waals surface area contributed by atoms with Crippen molar-refractivity contribution in [2.24, 2.45) is 0 Å². The third-order valence-electron chi connectivity index (χ3n) is 2.95. The zero-order chi connectivity index (χ0) is 13.7. The van der Waals surface area contributed by atoms with Gasteiger partial charge in [0.15, 0.2) is 0 Å². The summed E-state index contributed by atoms with van der Waals surface area (Å²) in [6.45, 7) is 4.88. The highest BCUT2D eigenvalue weighted by Crippen LogP contribution is 2.17. The van der Waals surface area contributed by atoms with E-state index in [1.54, 1.807) is 0 Å². The van der Waals surface area contributed by atoms with Crippen molar-refractivity contribution in [2.75, 3.05) is 0 Å². The van der Waals surface area contributed by atoms with Crippen LogP contribution in [-0.2, 0) is 6.54 Å². The van der Waals surface area contributed by atoms with Gasteiger partial charge < -0.3 is 4.57 Å². The maximum Gasteiger partial charge on any atom is 0.0483 e. The monoisotopic (exact) mass is 271 g/mol. The van der Waals surface area contributed by atoms with Gasteiger partial charge in [0.2, 0.25) is 0 Å². The molecule has 0 radical (unpaired) electrons. The predicted octanol–water partition coefficient (Wildman–Crippen LogP) is 5.37. The molecular weight excluding hydrogens is 254 g/mol. The largest absolute Gasteiger partial charge is 0.343 e. The van der Waals surface area contributed by atoms with E-state index in [1.165, 1.54) is 16.5 Å². The molecule has 0 N–H and O–H groups in total. The molecule has 1 nitrogen and oxygen atoms in total. The van der Waals surface area contributed by atoms with Crippen molar-refractivity contribution in [1.82, 2.24) is 4.57 Å². The summed E-state index contributed by atoms with van der Waals surface area (Å²) in [6.07, 6.45) is 2.12. The van der Waals surface area contributed by atoms with Crippen LogP contribution in [0, 0.1) is 0 Å². The lowest BCUT2D eigenvalue weighted by Crippen LogP contribution is -1.97. The summed E-state index contributed by atoms with van der Waals surface area (Å²) in [5.74, 6) is 0. The number of hydrogen-bond donors (Lipinski definition) is 0. The highest BCUT2D eigenvalue weighted by atomic mass is 35.5. The van der Waals surface area contributed by atoms with Crippen LogP contribution in [0.5, 0.6) is 0 Å². The zero-order valence-electron chi connectivity index (χ0n) is 11.3. The van der Waals surface area contributed by atoms with Crippen LogP contribution >= 0.6 is 11.6 Å².